The summed E-state index contributed by atoms with van der Waals surface area (Å²) in [4.78, 5) is 29.1. The molecule has 9 heteroatoms. The molecule has 37 heavy (non-hydrogen) atoms. The number of piperidine rings is 1. The van der Waals surface area contributed by atoms with Gasteiger partial charge in [0.15, 0.2) is 0 Å². The van der Waals surface area contributed by atoms with E-state index in [0.717, 1.165) is 54.9 Å². The fourth-order valence-electron chi connectivity index (χ4n) is 5.22. The lowest BCUT2D eigenvalue weighted by Gasteiger charge is -2.39. The monoisotopic (exact) mass is 550 g/mol. The number of hydrogen-bond donors (Lipinski definition) is 2. The Morgan fingerprint density at radius 1 is 1.05 bits per heavy atom. The van der Waals surface area contributed by atoms with E-state index in [2.05, 4.69) is 46.6 Å². The number of ether oxygens (including phenoxy) is 1. The fourth-order valence-corrected chi connectivity index (χ4v) is 5.22. The lowest BCUT2D eigenvalue weighted by molar-refractivity contribution is -0.117. The van der Waals surface area contributed by atoms with Gasteiger partial charge in [-0.2, -0.15) is 0 Å². The maximum atomic E-state index is 12.4. The second kappa shape index (κ2) is 13.5. The lowest BCUT2D eigenvalue weighted by atomic mass is 9.89. The van der Waals surface area contributed by atoms with Crippen LogP contribution in [0.4, 0.5) is 10.5 Å². The molecule has 1 saturated heterocycles. The topological polar surface area (TPSA) is 87.9 Å². The molecule has 0 bridgehead atoms. The van der Waals surface area contributed by atoms with E-state index >= 15 is 0 Å². The summed E-state index contributed by atoms with van der Waals surface area (Å²) in [6, 6.07) is 14.9. The van der Waals surface area contributed by atoms with Gasteiger partial charge in [-0.05, 0) is 87.5 Å². The third-order valence-electron chi connectivity index (χ3n) is 6.98. The molecule has 2 aliphatic heterocycles. The molecule has 1 fully saturated rings. The number of carbonyl (C=O) groups is 2. The zero-order valence-corrected chi connectivity index (χ0v) is 23.7. The van der Waals surface area contributed by atoms with Crippen molar-refractivity contribution in [3.63, 3.8) is 0 Å². The molecule has 7 nitrogen and oxygen atoms in total. The Kier molecular flexibility index (Phi) is 11.2. The molecule has 3 N–H and O–H groups in total. The Bertz CT molecular complexity index is 1060. The van der Waals surface area contributed by atoms with Gasteiger partial charge in [0.25, 0.3) is 0 Å². The largest absolute Gasteiger partial charge is 0.447 e. The molecule has 204 valence electrons. The van der Waals surface area contributed by atoms with Crippen LogP contribution in [-0.2, 0) is 16.1 Å². The standard InChI is InChI=1S/C28H38N4O3.2ClH/c1-18(2)35-28(34)30-26-15-19(3)32(20(4)33)27-10-9-23(16-25(26)27)22-7-5-21(6-8-22)17-31-13-11-24(29)12-14-31;;/h5-10,16,18-19,24,26H,11-15,17,29H2,1-4H3,(H,30,34);2*1H/t19-,26+;;/m0../s1. The Morgan fingerprint density at radius 2 is 1.68 bits per heavy atom. The third-order valence-corrected chi connectivity index (χ3v) is 6.98. The van der Waals surface area contributed by atoms with E-state index in [-0.39, 0.29) is 48.9 Å². The Labute approximate surface area is 232 Å². The maximum absolute atomic E-state index is 12.4. The van der Waals surface area contributed by atoms with Crippen LogP contribution in [0.2, 0.25) is 0 Å². The van der Waals surface area contributed by atoms with E-state index in [4.69, 9.17) is 10.5 Å². The molecule has 4 rings (SSSR count). The summed E-state index contributed by atoms with van der Waals surface area (Å²) >= 11 is 0. The van der Waals surface area contributed by atoms with E-state index in [1.807, 2.05) is 31.7 Å². The first-order valence-electron chi connectivity index (χ1n) is 12.7. The van der Waals surface area contributed by atoms with Crippen LogP contribution in [0.1, 0.15) is 64.1 Å². The average molecular weight is 552 g/mol. The lowest BCUT2D eigenvalue weighted by Crippen LogP contribution is -2.45. The molecule has 0 saturated carbocycles. The van der Waals surface area contributed by atoms with Crippen molar-refractivity contribution in [2.45, 2.75) is 77.7 Å². The van der Waals surface area contributed by atoms with Crippen molar-refractivity contribution in [1.82, 2.24) is 10.2 Å². The minimum atomic E-state index is -0.437. The van der Waals surface area contributed by atoms with Crippen molar-refractivity contribution < 1.29 is 14.3 Å². The van der Waals surface area contributed by atoms with Crippen molar-refractivity contribution in [1.29, 1.82) is 0 Å². The predicted molar refractivity (Wildman–Crippen MR) is 154 cm³/mol. The molecule has 2 atom stereocenters. The fraction of sp³-hybridized carbons (Fsp3) is 0.500. The average Bonchev–Trinajstić information content (AvgIpc) is 2.80. The summed E-state index contributed by atoms with van der Waals surface area (Å²) < 4.78 is 5.33. The first-order valence-corrected chi connectivity index (χ1v) is 12.7. The number of nitrogens with zero attached hydrogens (tertiary/aromatic N) is 2. The summed E-state index contributed by atoms with van der Waals surface area (Å²) in [6.07, 6.45) is 2.11. The summed E-state index contributed by atoms with van der Waals surface area (Å²) in [5.74, 6) is -0.00210. The van der Waals surface area contributed by atoms with Crippen molar-refractivity contribution in [2.24, 2.45) is 5.73 Å². The van der Waals surface area contributed by atoms with Gasteiger partial charge in [-0.25, -0.2) is 4.79 Å². The number of carbonyl (C=O) groups excluding carboxylic acids is 2. The summed E-state index contributed by atoms with van der Waals surface area (Å²) in [6.45, 7) is 10.3. The van der Waals surface area contributed by atoms with Crippen molar-refractivity contribution >= 4 is 42.5 Å². The maximum Gasteiger partial charge on any atom is 0.407 e. The Hall–Kier alpha value is -2.32. The van der Waals surface area contributed by atoms with Crippen LogP contribution < -0.4 is 16.0 Å². The quantitative estimate of drug-likeness (QED) is 0.517. The number of anilines is 1. The van der Waals surface area contributed by atoms with Gasteiger partial charge in [0.1, 0.15) is 0 Å². The molecular weight excluding hydrogens is 511 g/mol. The van der Waals surface area contributed by atoms with Gasteiger partial charge < -0.3 is 20.7 Å². The smallest absolute Gasteiger partial charge is 0.407 e. The van der Waals surface area contributed by atoms with Gasteiger partial charge in [-0.15, -0.1) is 24.8 Å². The van der Waals surface area contributed by atoms with E-state index < -0.39 is 6.09 Å². The molecule has 0 unspecified atom stereocenters. The molecule has 0 aliphatic carbocycles. The zero-order chi connectivity index (χ0) is 25.1. The van der Waals surface area contributed by atoms with Crippen LogP contribution in [-0.4, -0.2) is 48.2 Å². The van der Waals surface area contributed by atoms with E-state index in [0.29, 0.717) is 12.5 Å². The Morgan fingerprint density at radius 3 is 2.27 bits per heavy atom. The number of fused-ring (bicyclic) bond motifs is 1. The minimum Gasteiger partial charge on any atom is -0.447 e. The summed E-state index contributed by atoms with van der Waals surface area (Å²) in [5.41, 5.74) is 11.3. The number of nitrogens with one attached hydrogen (secondary N) is 1. The normalized spacial score (nSPS) is 19.9. The van der Waals surface area contributed by atoms with E-state index in [9.17, 15) is 9.59 Å². The highest BCUT2D eigenvalue weighted by molar-refractivity contribution is 5.94. The minimum absolute atomic E-state index is 0. The summed E-state index contributed by atoms with van der Waals surface area (Å²) in [7, 11) is 0. The van der Waals surface area contributed by atoms with Gasteiger partial charge >= 0.3 is 6.09 Å². The number of nitrogens with two attached hydrogens (primary N) is 1. The number of likely N-dealkylation sites (tertiary alicyclic amines) is 1. The van der Waals surface area contributed by atoms with Gasteiger partial charge in [0.2, 0.25) is 5.91 Å². The van der Waals surface area contributed by atoms with Crippen LogP contribution in [0, 0.1) is 0 Å². The molecule has 0 spiro atoms. The first kappa shape index (κ1) is 30.9. The second-order valence-electron chi connectivity index (χ2n) is 10.2. The first-order chi connectivity index (χ1) is 16.7. The number of amides is 2. The van der Waals surface area contributed by atoms with Crippen molar-refractivity contribution in [3.05, 3.63) is 53.6 Å². The molecular formula is C28H40Cl2N4O3. The second-order valence-corrected chi connectivity index (χ2v) is 10.2. The summed E-state index contributed by atoms with van der Waals surface area (Å²) in [5, 5.41) is 3.02. The highest BCUT2D eigenvalue weighted by Crippen LogP contribution is 2.39. The van der Waals surface area contributed by atoms with Gasteiger partial charge in [0.05, 0.1) is 12.1 Å². The molecule has 2 amide bonds. The SMILES string of the molecule is CC(=O)N1c2ccc(-c3ccc(CN4CCC(N)CC4)cc3)cc2[C@H](NC(=O)OC(C)C)C[C@@H]1C.Cl.Cl. The number of hydrogen-bond acceptors (Lipinski definition) is 5. The van der Waals surface area contributed by atoms with Gasteiger partial charge in [-0.3, -0.25) is 9.69 Å². The number of benzene rings is 2. The highest BCUT2D eigenvalue weighted by Gasteiger charge is 2.33. The van der Waals surface area contributed by atoms with Gasteiger partial charge in [-0.1, -0.05) is 30.3 Å². The molecule has 2 aromatic rings. The zero-order valence-electron chi connectivity index (χ0n) is 22.1. The molecule has 0 aromatic heterocycles. The highest BCUT2D eigenvalue weighted by atomic mass is 35.5. The molecule has 2 heterocycles. The van der Waals surface area contributed by atoms with Crippen LogP contribution in [0.25, 0.3) is 11.1 Å². The van der Waals surface area contributed by atoms with Crippen molar-refractivity contribution in [3.8, 4) is 11.1 Å². The van der Waals surface area contributed by atoms with E-state index in [1.54, 1.807) is 6.92 Å². The number of halogens is 2. The third kappa shape index (κ3) is 7.60. The van der Waals surface area contributed by atoms with E-state index in [1.165, 1.54) is 5.56 Å². The van der Waals surface area contributed by atoms with Crippen molar-refractivity contribution in [2.75, 3.05) is 18.0 Å². The van der Waals surface area contributed by atoms with Crippen LogP contribution in [0.15, 0.2) is 42.5 Å². The van der Waals surface area contributed by atoms with Gasteiger partial charge in [0, 0.05) is 31.2 Å². The molecule has 2 aliphatic rings. The predicted octanol–water partition coefficient (Wildman–Crippen LogP) is 5.44. The number of rotatable bonds is 5. The van der Waals surface area contributed by atoms with Crippen LogP contribution in [0.3, 0.4) is 0 Å². The van der Waals surface area contributed by atoms with Crippen LogP contribution in [0.5, 0.6) is 0 Å². The van der Waals surface area contributed by atoms with Crippen LogP contribution >= 0.6 is 24.8 Å². The molecule has 0 radical (unpaired) electrons. The Balaban J connectivity index is 0.00000241. The molecule has 2 aromatic carbocycles. The number of alkyl carbamates (subject to hydrolysis) is 1.